The van der Waals surface area contributed by atoms with E-state index >= 15 is 0 Å². The summed E-state index contributed by atoms with van der Waals surface area (Å²) < 4.78 is 0. The van der Waals surface area contributed by atoms with Gasteiger partial charge in [-0.25, -0.2) is 0 Å². The van der Waals surface area contributed by atoms with Crippen molar-refractivity contribution >= 4 is 0 Å². The first-order valence-corrected chi connectivity index (χ1v) is 4.58. The highest BCUT2D eigenvalue weighted by Gasteiger charge is 2.32. The Balaban J connectivity index is 2.58. The Kier molecular flexibility index (Phi) is 2.92. The minimum atomic E-state index is -0.101. The van der Waals surface area contributed by atoms with E-state index in [0.29, 0.717) is 5.92 Å². The number of nitriles is 1. The summed E-state index contributed by atoms with van der Waals surface area (Å²) in [7, 11) is 0. The van der Waals surface area contributed by atoms with Crippen molar-refractivity contribution in [2.45, 2.75) is 32.1 Å². The van der Waals surface area contributed by atoms with Gasteiger partial charge in [-0.05, 0) is 38.0 Å². The molecule has 0 N–H and O–H groups in total. The molecule has 0 saturated heterocycles. The lowest BCUT2D eigenvalue weighted by molar-refractivity contribution is 0.235. The van der Waals surface area contributed by atoms with E-state index in [1.807, 2.05) is 6.08 Å². The second-order valence-electron chi connectivity index (χ2n) is 3.83. The van der Waals surface area contributed by atoms with Gasteiger partial charge in [0.1, 0.15) is 0 Å². The van der Waals surface area contributed by atoms with Gasteiger partial charge < -0.3 is 0 Å². The van der Waals surface area contributed by atoms with Crippen LogP contribution < -0.4 is 0 Å². The zero-order valence-electron chi connectivity index (χ0n) is 7.55. The highest BCUT2D eigenvalue weighted by molar-refractivity contribution is 5.04. The van der Waals surface area contributed by atoms with Gasteiger partial charge in [-0.3, -0.25) is 0 Å². The van der Waals surface area contributed by atoms with Crippen LogP contribution in [0.15, 0.2) is 12.7 Å². The average molecular weight is 162 g/mol. The first-order chi connectivity index (χ1) is 5.72. The molecular weight excluding hydrogens is 146 g/mol. The molecule has 0 heterocycles. The lowest BCUT2D eigenvalue weighted by Gasteiger charge is -2.32. The van der Waals surface area contributed by atoms with Crippen LogP contribution in [0.1, 0.15) is 32.1 Å². The quantitative estimate of drug-likeness (QED) is 0.572. The van der Waals surface area contributed by atoms with Gasteiger partial charge in [0, 0.05) is 0 Å². The highest BCUT2D eigenvalue weighted by Crippen LogP contribution is 2.40. The Hall–Kier alpha value is -0.770. The van der Waals surface area contributed by atoms with Crippen LogP contribution in [0, 0.1) is 29.6 Å². The minimum absolute atomic E-state index is 0.101. The summed E-state index contributed by atoms with van der Waals surface area (Å²) in [5.74, 6) is 0.566. The third-order valence-electron chi connectivity index (χ3n) is 2.83. The van der Waals surface area contributed by atoms with Crippen LogP contribution in [-0.2, 0) is 0 Å². The van der Waals surface area contributed by atoms with E-state index in [4.69, 9.17) is 5.26 Å². The van der Waals surface area contributed by atoms with E-state index in [-0.39, 0.29) is 5.41 Å². The van der Waals surface area contributed by atoms with Crippen LogP contribution in [0.4, 0.5) is 0 Å². The van der Waals surface area contributed by atoms with Crippen molar-refractivity contribution in [1.82, 2.24) is 0 Å². The lowest BCUT2D eigenvalue weighted by atomic mass is 9.70. The molecule has 1 nitrogen and oxygen atoms in total. The summed E-state index contributed by atoms with van der Waals surface area (Å²) in [4.78, 5) is 0. The fourth-order valence-electron chi connectivity index (χ4n) is 1.87. The number of hydrogen-bond acceptors (Lipinski definition) is 1. The summed E-state index contributed by atoms with van der Waals surface area (Å²) in [5, 5.41) is 9.04. The first kappa shape index (κ1) is 9.32. The van der Waals surface area contributed by atoms with E-state index in [0.717, 1.165) is 32.1 Å². The molecule has 0 aromatic rings. The number of hydrogen-bond donors (Lipinski definition) is 0. The summed E-state index contributed by atoms with van der Waals surface area (Å²) in [6, 6.07) is 2.44. The Labute approximate surface area is 75.1 Å². The van der Waals surface area contributed by atoms with Crippen LogP contribution in [-0.4, -0.2) is 0 Å². The predicted octanol–water partition coefficient (Wildman–Crippen LogP) is 3.10. The molecule has 1 fully saturated rings. The molecule has 0 bridgehead atoms. The van der Waals surface area contributed by atoms with Gasteiger partial charge in [-0.1, -0.05) is 13.0 Å². The third kappa shape index (κ3) is 1.88. The molecule has 0 aliphatic heterocycles. The van der Waals surface area contributed by atoms with E-state index < -0.39 is 0 Å². The Morgan fingerprint density at radius 1 is 1.50 bits per heavy atom. The van der Waals surface area contributed by atoms with Crippen LogP contribution in [0.25, 0.3) is 0 Å². The summed E-state index contributed by atoms with van der Waals surface area (Å²) >= 11 is 0. The van der Waals surface area contributed by atoms with Crippen molar-refractivity contribution in [3.05, 3.63) is 19.6 Å². The predicted molar refractivity (Wildman–Crippen MR) is 50.2 cm³/mol. The normalized spacial score (nSPS) is 35.5. The molecule has 0 spiro atoms. The van der Waals surface area contributed by atoms with Gasteiger partial charge in [0.2, 0.25) is 0 Å². The Morgan fingerprint density at radius 3 is 2.50 bits per heavy atom. The topological polar surface area (TPSA) is 23.8 Å². The lowest BCUT2D eigenvalue weighted by Crippen LogP contribution is -2.24. The monoisotopic (exact) mass is 162 g/mol. The standard InChI is InChI=1S/C11H16N/c1-3-6-11(9-12)7-4-10(2)5-8-11/h3,10H,1-2,4-8H2/t10-,11-. The molecule has 1 aliphatic rings. The van der Waals surface area contributed by atoms with Gasteiger partial charge in [0.05, 0.1) is 11.5 Å². The molecule has 1 radical (unpaired) electrons. The van der Waals surface area contributed by atoms with Crippen LogP contribution >= 0.6 is 0 Å². The zero-order valence-corrected chi connectivity index (χ0v) is 7.55. The second-order valence-corrected chi connectivity index (χ2v) is 3.83. The van der Waals surface area contributed by atoms with Crippen molar-refractivity contribution < 1.29 is 0 Å². The SMILES string of the molecule is C=CC[C@]1(C#N)CC[C@H]([CH2])CC1. The third-order valence-corrected chi connectivity index (χ3v) is 2.83. The summed E-state index contributed by atoms with van der Waals surface area (Å²) in [6.45, 7) is 7.72. The second kappa shape index (κ2) is 3.76. The molecule has 1 rings (SSSR count). The molecule has 65 valence electrons. The molecule has 1 heteroatoms. The van der Waals surface area contributed by atoms with Gasteiger partial charge in [0.15, 0.2) is 0 Å². The minimum Gasteiger partial charge on any atom is -0.198 e. The van der Waals surface area contributed by atoms with Gasteiger partial charge >= 0.3 is 0 Å². The maximum atomic E-state index is 9.04. The molecule has 0 aromatic heterocycles. The van der Waals surface area contributed by atoms with Crippen molar-refractivity contribution in [3.8, 4) is 6.07 Å². The first-order valence-electron chi connectivity index (χ1n) is 4.58. The smallest absolute Gasteiger partial charge is 0.0693 e. The molecule has 0 amide bonds. The van der Waals surface area contributed by atoms with E-state index in [1.54, 1.807) is 0 Å². The molecule has 1 saturated carbocycles. The Morgan fingerprint density at radius 2 is 2.08 bits per heavy atom. The van der Waals surface area contributed by atoms with Gasteiger partial charge in [0.25, 0.3) is 0 Å². The average Bonchev–Trinajstić information content (AvgIpc) is 2.10. The molecule has 1 aliphatic carbocycles. The summed E-state index contributed by atoms with van der Waals surface area (Å²) in [6.07, 6.45) is 6.92. The van der Waals surface area contributed by atoms with Gasteiger partial charge in [-0.15, -0.1) is 6.58 Å². The highest BCUT2D eigenvalue weighted by atomic mass is 14.4. The zero-order chi connectivity index (χ0) is 9.03. The molecule has 0 unspecified atom stereocenters. The molecular formula is C11H16N. The van der Waals surface area contributed by atoms with Crippen molar-refractivity contribution in [1.29, 1.82) is 5.26 Å². The number of nitrogens with zero attached hydrogens (tertiary/aromatic N) is 1. The fourth-order valence-corrected chi connectivity index (χ4v) is 1.87. The van der Waals surface area contributed by atoms with Crippen LogP contribution in [0.5, 0.6) is 0 Å². The number of rotatable bonds is 2. The van der Waals surface area contributed by atoms with Crippen molar-refractivity contribution in [2.75, 3.05) is 0 Å². The largest absolute Gasteiger partial charge is 0.198 e. The van der Waals surface area contributed by atoms with Crippen LogP contribution in [0.2, 0.25) is 0 Å². The molecule has 0 atom stereocenters. The Bertz CT molecular complexity index is 192. The van der Waals surface area contributed by atoms with E-state index in [2.05, 4.69) is 19.6 Å². The van der Waals surface area contributed by atoms with Crippen molar-refractivity contribution in [2.24, 2.45) is 11.3 Å². The maximum absolute atomic E-state index is 9.04. The summed E-state index contributed by atoms with van der Waals surface area (Å²) in [5.41, 5.74) is -0.101. The maximum Gasteiger partial charge on any atom is 0.0693 e. The van der Waals surface area contributed by atoms with Crippen LogP contribution in [0.3, 0.4) is 0 Å². The van der Waals surface area contributed by atoms with E-state index in [9.17, 15) is 0 Å². The van der Waals surface area contributed by atoms with Gasteiger partial charge in [-0.2, -0.15) is 5.26 Å². The molecule has 12 heavy (non-hydrogen) atoms. The number of allylic oxidation sites excluding steroid dienone is 1. The molecule has 0 aromatic carbocycles. The fraction of sp³-hybridized carbons (Fsp3) is 0.636. The van der Waals surface area contributed by atoms with E-state index in [1.165, 1.54) is 0 Å². The van der Waals surface area contributed by atoms with Crippen molar-refractivity contribution in [3.63, 3.8) is 0 Å².